The summed E-state index contributed by atoms with van der Waals surface area (Å²) in [5, 5.41) is 13.8. The van der Waals surface area contributed by atoms with Gasteiger partial charge in [-0.15, -0.1) is 0 Å². The molecule has 0 unspecified atom stereocenters. The van der Waals surface area contributed by atoms with Crippen molar-refractivity contribution in [1.82, 2.24) is 10.4 Å². The minimum Gasteiger partial charge on any atom is -0.462 e. The van der Waals surface area contributed by atoms with Gasteiger partial charge in [0.05, 0.1) is 13.2 Å². The van der Waals surface area contributed by atoms with Crippen LogP contribution in [-0.2, 0) is 67.1 Å². The van der Waals surface area contributed by atoms with Gasteiger partial charge in [-0.1, -0.05) is 62.4 Å². The number of carbonyl (C=O) groups is 4. The van der Waals surface area contributed by atoms with E-state index in [4.69, 9.17) is 28.5 Å². The van der Waals surface area contributed by atoms with E-state index in [0.717, 1.165) is 16.7 Å². The second-order valence-electron chi connectivity index (χ2n) is 14.4. The van der Waals surface area contributed by atoms with E-state index < -0.39 is 77.0 Å². The fraction of sp³-hybridized carbons (Fsp3) is 0.500. The molecule has 2 bridgehead atoms. The third-order valence-electron chi connectivity index (χ3n) is 10.6. The van der Waals surface area contributed by atoms with Crippen LogP contribution in [0.15, 0.2) is 54.6 Å². The Hall–Kier alpha value is -4.14. The minimum atomic E-state index is -1.35. The second kappa shape index (κ2) is 11.7. The van der Waals surface area contributed by atoms with Gasteiger partial charge in [-0.3, -0.25) is 14.4 Å². The van der Waals surface area contributed by atoms with E-state index >= 15 is 0 Å². The average Bonchev–Trinajstić information content (AvgIpc) is 3.80. The Bertz CT molecular complexity index is 1720. The molecule has 2 N–H and O–H groups in total. The zero-order valence-electron chi connectivity index (χ0n) is 27.2. The molecule has 2 aromatic carbocycles. The standard InChI is InChI=1S/C36H38N2O11/c1-34(2)19-44-32(42)30(34)46-25(40)11-10-20-6-5-7-21(14-20)18-38-28-31(41)45-24-17-36(28,33(43)37-12-13-39)29(49-38)27-26(24)47-35(48-27)15-22-8-3-4-9-23(22)16-35/h3-11,14,24,26-30,39H,12-13,15-19H2,1-2H3,(H,37,43)/t24-,26+,27+,28+,29-,30+,36+/m1/s1. The highest BCUT2D eigenvalue weighted by Crippen LogP contribution is 2.58. The number of hydroxylamine groups is 2. The van der Waals surface area contributed by atoms with E-state index in [9.17, 15) is 24.3 Å². The molecule has 4 saturated heterocycles. The van der Waals surface area contributed by atoms with Gasteiger partial charge in [-0.25, -0.2) is 9.59 Å². The summed E-state index contributed by atoms with van der Waals surface area (Å²) in [4.78, 5) is 59.1. The molecule has 49 heavy (non-hydrogen) atoms. The first-order chi connectivity index (χ1) is 23.5. The van der Waals surface area contributed by atoms with Gasteiger partial charge in [0.25, 0.3) is 0 Å². The average molecular weight is 675 g/mol. The van der Waals surface area contributed by atoms with E-state index in [2.05, 4.69) is 5.32 Å². The molecule has 1 spiro atoms. The van der Waals surface area contributed by atoms with Gasteiger partial charge in [0.1, 0.15) is 36.4 Å². The SMILES string of the molecule is CC1(C)COC(=O)[C@@H]1OC(=O)C=Cc1cccc(CN2O[C@@H]3[C@H]4OC5(Cc6ccccc6C5)O[C@H]4[C@H]4C[C@]3(C(=O)NCCO)[C@@H]2C(=O)O4)c1. The number of esters is 3. The van der Waals surface area contributed by atoms with Crippen molar-refractivity contribution < 1.29 is 52.8 Å². The van der Waals surface area contributed by atoms with Crippen LogP contribution >= 0.6 is 0 Å². The summed E-state index contributed by atoms with van der Waals surface area (Å²) in [6, 6.07) is 14.2. The molecule has 6 aliphatic rings. The van der Waals surface area contributed by atoms with Crippen molar-refractivity contribution in [2.45, 2.75) is 82.0 Å². The molecule has 4 aliphatic heterocycles. The van der Waals surface area contributed by atoms with Gasteiger partial charge in [0, 0.05) is 37.3 Å². The lowest BCUT2D eigenvalue weighted by Gasteiger charge is -2.48. The molecule has 2 aliphatic carbocycles. The molecule has 0 aromatic heterocycles. The predicted octanol–water partition coefficient (Wildman–Crippen LogP) is 1.38. The van der Waals surface area contributed by atoms with Crippen LogP contribution in [0.3, 0.4) is 0 Å². The molecule has 4 heterocycles. The smallest absolute Gasteiger partial charge is 0.348 e. The number of ether oxygens (including phenoxy) is 5. The van der Waals surface area contributed by atoms with Crippen LogP contribution in [0.25, 0.3) is 6.08 Å². The zero-order chi connectivity index (χ0) is 34.1. The summed E-state index contributed by atoms with van der Waals surface area (Å²) in [5.41, 5.74) is 1.66. The van der Waals surface area contributed by atoms with Crippen molar-refractivity contribution in [2.75, 3.05) is 19.8 Å². The number of hydrogen-bond donors (Lipinski definition) is 2. The largest absolute Gasteiger partial charge is 0.462 e. The molecule has 0 radical (unpaired) electrons. The molecule has 7 atom stereocenters. The second-order valence-corrected chi connectivity index (χ2v) is 14.4. The fourth-order valence-corrected chi connectivity index (χ4v) is 8.32. The minimum absolute atomic E-state index is 0.0146. The quantitative estimate of drug-likeness (QED) is 0.236. The number of nitrogens with one attached hydrogen (secondary N) is 1. The molecule has 5 fully saturated rings. The van der Waals surface area contributed by atoms with Crippen LogP contribution < -0.4 is 5.32 Å². The number of fused-ring (bicyclic) bond motifs is 5. The lowest BCUT2D eigenvalue weighted by Crippen LogP contribution is -2.69. The lowest BCUT2D eigenvalue weighted by molar-refractivity contribution is -0.217. The zero-order valence-corrected chi connectivity index (χ0v) is 27.2. The molecular formula is C36H38N2O11. The van der Waals surface area contributed by atoms with Crippen LogP contribution in [-0.4, -0.2) is 96.1 Å². The fourth-order valence-electron chi connectivity index (χ4n) is 8.32. The molecule has 8 rings (SSSR count). The molecule has 13 nitrogen and oxygen atoms in total. The number of carbonyl (C=O) groups excluding carboxylic acids is 4. The highest BCUT2D eigenvalue weighted by atomic mass is 16.8. The van der Waals surface area contributed by atoms with Crippen LogP contribution in [0.1, 0.15) is 42.5 Å². The maximum Gasteiger partial charge on any atom is 0.348 e. The maximum atomic E-state index is 14.0. The Morgan fingerprint density at radius 2 is 1.80 bits per heavy atom. The first-order valence-electron chi connectivity index (χ1n) is 16.6. The van der Waals surface area contributed by atoms with E-state index in [1.807, 2.05) is 36.4 Å². The molecule has 13 heteroatoms. The number of hydrogen-bond acceptors (Lipinski definition) is 12. The summed E-state index contributed by atoms with van der Waals surface area (Å²) in [7, 11) is 0. The van der Waals surface area contributed by atoms with E-state index in [0.29, 0.717) is 18.4 Å². The summed E-state index contributed by atoms with van der Waals surface area (Å²) in [5.74, 6) is -3.22. The third kappa shape index (κ3) is 5.26. The Kier molecular flexibility index (Phi) is 7.68. The predicted molar refractivity (Wildman–Crippen MR) is 168 cm³/mol. The Morgan fingerprint density at radius 3 is 2.51 bits per heavy atom. The summed E-state index contributed by atoms with van der Waals surface area (Å²) >= 11 is 0. The van der Waals surface area contributed by atoms with Crippen molar-refractivity contribution in [2.24, 2.45) is 10.8 Å². The monoisotopic (exact) mass is 674 g/mol. The van der Waals surface area contributed by atoms with E-state index in [1.165, 1.54) is 11.1 Å². The summed E-state index contributed by atoms with van der Waals surface area (Å²) < 4.78 is 29.8. The third-order valence-corrected chi connectivity index (χ3v) is 10.6. The van der Waals surface area contributed by atoms with Crippen molar-refractivity contribution in [3.63, 3.8) is 0 Å². The van der Waals surface area contributed by atoms with Crippen LogP contribution in [0, 0.1) is 10.8 Å². The van der Waals surface area contributed by atoms with E-state index in [1.54, 1.807) is 32.1 Å². The number of cyclic esters (lactones) is 1. The van der Waals surface area contributed by atoms with Gasteiger partial charge in [-0.05, 0) is 28.3 Å². The van der Waals surface area contributed by atoms with Crippen LogP contribution in [0.2, 0.25) is 0 Å². The summed E-state index contributed by atoms with van der Waals surface area (Å²) in [6.07, 6.45) is 0.133. The molecule has 2 aromatic rings. The van der Waals surface area contributed by atoms with Crippen molar-refractivity contribution in [1.29, 1.82) is 0 Å². The molecule has 258 valence electrons. The number of amides is 1. The first-order valence-corrected chi connectivity index (χ1v) is 16.6. The highest BCUT2D eigenvalue weighted by molar-refractivity contribution is 5.93. The number of aliphatic hydroxyl groups excluding tert-OH is 1. The number of nitrogens with zero attached hydrogens (tertiary/aromatic N) is 1. The Morgan fingerprint density at radius 1 is 1.04 bits per heavy atom. The summed E-state index contributed by atoms with van der Waals surface area (Å²) in [6.45, 7) is 3.61. The van der Waals surface area contributed by atoms with Crippen LogP contribution in [0.4, 0.5) is 0 Å². The first kappa shape index (κ1) is 32.1. The Balaban J connectivity index is 1.05. The highest BCUT2D eigenvalue weighted by Gasteiger charge is 2.76. The maximum absolute atomic E-state index is 14.0. The van der Waals surface area contributed by atoms with Crippen molar-refractivity contribution in [3.8, 4) is 0 Å². The van der Waals surface area contributed by atoms with Gasteiger partial charge in [0.2, 0.25) is 12.0 Å². The lowest BCUT2D eigenvalue weighted by atomic mass is 9.62. The normalized spacial score (nSPS) is 33.3. The molecule has 1 amide bonds. The van der Waals surface area contributed by atoms with Gasteiger partial charge in [0.15, 0.2) is 11.8 Å². The number of benzene rings is 2. The number of aliphatic hydroxyl groups is 1. The van der Waals surface area contributed by atoms with Gasteiger partial charge < -0.3 is 34.1 Å². The van der Waals surface area contributed by atoms with Gasteiger partial charge in [-0.2, -0.15) is 5.06 Å². The number of rotatable bonds is 8. The van der Waals surface area contributed by atoms with E-state index in [-0.39, 0.29) is 32.7 Å². The Labute approximate surface area is 282 Å². The topological polar surface area (TPSA) is 159 Å². The van der Waals surface area contributed by atoms with Crippen molar-refractivity contribution >= 4 is 29.9 Å². The van der Waals surface area contributed by atoms with Crippen LogP contribution in [0.5, 0.6) is 0 Å². The van der Waals surface area contributed by atoms with Gasteiger partial charge >= 0.3 is 17.9 Å². The molecular weight excluding hydrogens is 636 g/mol. The molecule has 1 saturated carbocycles. The van der Waals surface area contributed by atoms with Crippen molar-refractivity contribution in [3.05, 3.63) is 76.9 Å².